The first-order valence-corrected chi connectivity index (χ1v) is 8.93. The number of nitrogens with two attached hydrogens (primary N) is 1. The Labute approximate surface area is 161 Å². The van der Waals surface area contributed by atoms with Crippen LogP contribution in [0, 0.1) is 0 Å². The van der Waals surface area contributed by atoms with Crippen LogP contribution in [0.15, 0.2) is 39.0 Å². The number of nitrogens with zero attached hydrogens (tertiary/aromatic N) is 6. The van der Waals surface area contributed by atoms with Crippen LogP contribution in [0.2, 0.25) is 5.02 Å². The predicted octanol–water partition coefficient (Wildman–Crippen LogP) is 0.270. The molecule has 0 radical (unpaired) electrons. The monoisotopic (exact) mass is 407 g/mol. The number of hydrogen-bond acceptors (Lipinski definition) is 8. The van der Waals surface area contributed by atoms with Crippen LogP contribution < -0.4 is 17.0 Å². The van der Waals surface area contributed by atoms with E-state index in [-0.39, 0.29) is 17.1 Å². The van der Waals surface area contributed by atoms with E-state index in [1.807, 2.05) is 0 Å². The van der Waals surface area contributed by atoms with Crippen LogP contribution in [0.25, 0.3) is 5.69 Å². The number of carbonyl (C=O) groups excluding carboxylic acids is 1. The summed E-state index contributed by atoms with van der Waals surface area (Å²) in [7, 11) is 2.68. The number of benzene rings is 1. The maximum atomic E-state index is 12.6. The molecule has 3 aromatic rings. The predicted molar refractivity (Wildman–Crippen MR) is 101 cm³/mol. The summed E-state index contributed by atoms with van der Waals surface area (Å²) in [6.45, 7) is 0. The topological polar surface area (TPSA) is 131 Å². The number of aromatic nitrogens is 6. The molecule has 0 aliphatic carbocycles. The lowest BCUT2D eigenvalue weighted by Crippen LogP contribution is -2.41. The van der Waals surface area contributed by atoms with E-state index in [0.717, 1.165) is 20.9 Å². The molecule has 0 aliphatic heterocycles. The van der Waals surface area contributed by atoms with Crippen molar-refractivity contribution in [2.45, 2.75) is 5.16 Å². The number of nitrogen functional groups attached to an aromatic ring is 1. The van der Waals surface area contributed by atoms with Gasteiger partial charge < -0.3 is 5.73 Å². The maximum absolute atomic E-state index is 12.6. The van der Waals surface area contributed by atoms with Crippen molar-refractivity contribution >= 4 is 35.0 Å². The molecule has 3 rings (SSSR count). The third-order valence-corrected chi connectivity index (χ3v) is 5.00. The first-order chi connectivity index (χ1) is 12.8. The largest absolute Gasteiger partial charge is 0.384 e. The molecular weight excluding hydrogens is 394 g/mol. The minimum absolute atomic E-state index is 0.133. The molecule has 0 aliphatic rings. The van der Waals surface area contributed by atoms with Crippen LogP contribution in [0.1, 0.15) is 10.4 Å². The summed E-state index contributed by atoms with van der Waals surface area (Å²) in [5.74, 6) is -0.837. The summed E-state index contributed by atoms with van der Waals surface area (Å²) < 4.78 is 3.33. The molecule has 0 amide bonds. The van der Waals surface area contributed by atoms with Crippen molar-refractivity contribution < 1.29 is 4.79 Å². The zero-order chi connectivity index (χ0) is 19.7. The second kappa shape index (κ2) is 7.37. The lowest BCUT2D eigenvalue weighted by molar-refractivity contribution is 0.102. The Balaban J connectivity index is 1.87. The third-order valence-electron chi connectivity index (χ3n) is 3.83. The Morgan fingerprint density at radius 3 is 2.52 bits per heavy atom. The van der Waals surface area contributed by atoms with Gasteiger partial charge in [0.15, 0.2) is 5.78 Å². The van der Waals surface area contributed by atoms with Gasteiger partial charge in [0, 0.05) is 19.1 Å². The third kappa shape index (κ3) is 3.51. The SMILES string of the molecule is Cn1c(N)c(C(=O)CSc2nnnn2-c2ccc(Cl)cc2)c(=O)n(C)c1=O. The molecule has 0 bridgehead atoms. The van der Waals surface area contributed by atoms with Gasteiger partial charge >= 0.3 is 5.69 Å². The summed E-state index contributed by atoms with van der Waals surface area (Å²) in [4.78, 5) is 36.7. The highest BCUT2D eigenvalue weighted by molar-refractivity contribution is 7.99. The Bertz CT molecular complexity index is 1130. The highest BCUT2D eigenvalue weighted by Gasteiger charge is 2.21. The van der Waals surface area contributed by atoms with E-state index in [1.165, 1.54) is 18.8 Å². The summed E-state index contributed by atoms with van der Waals surface area (Å²) >= 11 is 6.91. The lowest BCUT2D eigenvalue weighted by atomic mass is 10.2. The fourth-order valence-electron chi connectivity index (χ4n) is 2.34. The Morgan fingerprint density at radius 2 is 1.85 bits per heavy atom. The molecule has 0 atom stereocenters. The van der Waals surface area contributed by atoms with Crippen LogP contribution in [0.4, 0.5) is 5.82 Å². The van der Waals surface area contributed by atoms with Gasteiger partial charge in [-0.25, -0.2) is 4.79 Å². The number of hydrogen-bond donors (Lipinski definition) is 1. The lowest BCUT2D eigenvalue weighted by Gasteiger charge is -2.10. The summed E-state index contributed by atoms with van der Waals surface area (Å²) in [5, 5.41) is 12.3. The zero-order valence-corrected chi connectivity index (χ0v) is 15.9. The minimum atomic E-state index is -0.738. The number of halogens is 1. The van der Waals surface area contributed by atoms with Gasteiger partial charge in [0.1, 0.15) is 11.4 Å². The van der Waals surface area contributed by atoms with Gasteiger partial charge in [-0.2, -0.15) is 4.68 Å². The number of Topliss-reactive ketones (excluding diaryl/α,β-unsaturated/α-hetero) is 1. The summed E-state index contributed by atoms with van der Waals surface area (Å²) in [5.41, 5.74) is 4.88. The van der Waals surface area contributed by atoms with Crippen LogP contribution in [0.5, 0.6) is 0 Å². The van der Waals surface area contributed by atoms with E-state index in [0.29, 0.717) is 15.9 Å². The van der Waals surface area contributed by atoms with E-state index in [2.05, 4.69) is 15.5 Å². The molecule has 10 nitrogen and oxygen atoms in total. The molecule has 12 heteroatoms. The molecule has 2 N–H and O–H groups in total. The zero-order valence-electron chi connectivity index (χ0n) is 14.3. The van der Waals surface area contributed by atoms with Gasteiger partial charge in [-0.1, -0.05) is 23.4 Å². The van der Waals surface area contributed by atoms with Crippen molar-refractivity contribution in [3.05, 3.63) is 55.7 Å². The van der Waals surface area contributed by atoms with E-state index in [4.69, 9.17) is 17.3 Å². The summed E-state index contributed by atoms with van der Waals surface area (Å²) in [6, 6.07) is 6.83. The first kappa shape index (κ1) is 18.9. The molecule has 2 aromatic heterocycles. The maximum Gasteiger partial charge on any atom is 0.332 e. The average Bonchev–Trinajstić information content (AvgIpc) is 3.12. The second-order valence-electron chi connectivity index (χ2n) is 5.53. The Kier molecular flexibility index (Phi) is 5.15. The van der Waals surface area contributed by atoms with Crippen molar-refractivity contribution in [2.24, 2.45) is 14.1 Å². The smallest absolute Gasteiger partial charge is 0.332 e. The number of rotatable bonds is 5. The van der Waals surface area contributed by atoms with Gasteiger partial charge in [0.25, 0.3) is 5.56 Å². The fraction of sp³-hybridized carbons (Fsp3) is 0.200. The number of ketones is 1. The minimum Gasteiger partial charge on any atom is -0.384 e. The Morgan fingerprint density at radius 1 is 1.19 bits per heavy atom. The normalized spacial score (nSPS) is 10.9. The van der Waals surface area contributed by atoms with E-state index < -0.39 is 17.0 Å². The quantitative estimate of drug-likeness (QED) is 0.471. The van der Waals surface area contributed by atoms with Gasteiger partial charge in [-0.05, 0) is 34.7 Å². The van der Waals surface area contributed by atoms with Crippen LogP contribution in [-0.2, 0) is 14.1 Å². The Hall–Kier alpha value is -2.92. The fourth-order valence-corrected chi connectivity index (χ4v) is 3.23. The standard InChI is InChI=1S/C15H14ClN7O3S/c1-21-12(17)11(13(25)22(2)15(21)26)10(24)7-27-14-18-19-20-23(14)9-5-3-8(16)4-6-9/h3-6H,7,17H2,1-2H3. The number of thioether (sulfide) groups is 1. The number of anilines is 1. The van der Waals surface area contributed by atoms with Crippen molar-refractivity contribution in [3.8, 4) is 5.69 Å². The van der Waals surface area contributed by atoms with Crippen LogP contribution >= 0.6 is 23.4 Å². The van der Waals surface area contributed by atoms with Gasteiger partial charge in [-0.15, -0.1) is 5.10 Å². The molecule has 0 spiro atoms. The van der Waals surface area contributed by atoms with E-state index in [9.17, 15) is 14.4 Å². The van der Waals surface area contributed by atoms with Crippen LogP contribution in [0.3, 0.4) is 0 Å². The molecule has 0 fully saturated rings. The molecule has 0 unspecified atom stereocenters. The molecular formula is C15H14ClN7O3S. The molecule has 27 heavy (non-hydrogen) atoms. The molecule has 140 valence electrons. The number of tetrazole rings is 1. The summed E-state index contributed by atoms with van der Waals surface area (Å²) in [6.07, 6.45) is 0. The number of carbonyl (C=O) groups is 1. The highest BCUT2D eigenvalue weighted by Crippen LogP contribution is 2.21. The molecule has 0 saturated heterocycles. The molecule has 1 aromatic carbocycles. The molecule has 0 saturated carbocycles. The van der Waals surface area contributed by atoms with Crippen molar-refractivity contribution in [1.82, 2.24) is 29.3 Å². The second-order valence-corrected chi connectivity index (χ2v) is 6.91. The van der Waals surface area contributed by atoms with E-state index in [1.54, 1.807) is 24.3 Å². The first-order valence-electron chi connectivity index (χ1n) is 7.57. The van der Waals surface area contributed by atoms with E-state index >= 15 is 0 Å². The average molecular weight is 408 g/mol. The highest BCUT2D eigenvalue weighted by atomic mass is 35.5. The van der Waals surface area contributed by atoms with Crippen molar-refractivity contribution in [1.29, 1.82) is 0 Å². The molecule has 2 heterocycles. The van der Waals surface area contributed by atoms with Gasteiger partial charge in [-0.3, -0.25) is 18.7 Å². The van der Waals surface area contributed by atoms with Crippen molar-refractivity contribution in [2.75, 3.05) is 11.5 Å². The van der Waals surface area contributed by atoms with Crippen molar-refractivity contribution in [3.63, 3.8) is 0 Å². The van der Waals surface area contributed by atoms with Gasteiger partial charge in [0.2, 0.25) is 5.16 Å². The van der Waals surface area contributed by atoms with Gasteiger partial charge in [0.05, 0.1) is 11.4 Å². The van der Waals surface area contributed by atoms with Crippen LogP contribution in [-0.4, -0.2) is 40.9 Å².